The highest BCUT2D eigenvalue weighted by atomic mass is 16.5. The van der Waals surface area contributed by atoms with E-state index in [9.17, 15) is 0 Å². The van der Waals surface area contributed by atoms with Crippen LogP contribution in [0.4, 0.5) is 0 Å². The molecule has 9 rings (SSSR count). The molecule has 1 aliphatic heterocycles. The molecule has 3 N–H and O–H groups in total. The van der Waals surface area contributed by atoms with Gasteiger partial charge in [0.25, 0.3) is 0 Å². The molecule has 0 aliphatic carbocycles. The van der Waals surface area contributed by atoms with Gasteiger partial charge in [0, 0.05) is 38.9 Å². The molecule has 0 saturated heterocycles. The molecule has 5 heteroatoms. The molecule has 216 valence electrons. The van der Waals surface area contributed by atoms with Gasteiger partial charge < -0.3 is 19.6 Å². The molecule has 0 bridgehead atoms. The molecule has 2 aromatic heterocycles. The minimum absolute atomic E-state index is 0.121. The van der Waals surface area contributed by atoms with Gasteiger partial charge in [0.15, 0.2) is 11.5 Å². The topological polar surface area (TPSA) is 69.0 Å². The minimum atomic E-state index is 0.121. The predicted molar refractivity (Wildman–Crippen MR) is 187 cm³/mol. The molecule has 0 saturated carbocycles. The Morgan fingerprint density at radius 1 is 0.667 bits per heavy atom. The standard InChI is InChI=1S/C33H22N2O.C7H8N2/c1-2-10-21-11-9-12-22(19-21)34-25-15-5-3-13-23(25)31-28(34)20-30-33-32(31)24-14-4-6-16-26(24)35(33)27-17-7-8-18-29(27)36-30;8-7(9)6-4-2-1-3-5-6/h2-9,11-20H,1,10H2;1-5H,(H3,8,9). The molecule has 6 aromatic carbocycles. The van der Waals surface area contributed by atoms with E-state index in [4.69, 9.17) is 15.9 Å². The summed E-state index contributed by atoms with van der Waals surface area (Å²) >= 11 is 0. The SMILES string of the molecule is C=CCc1cccc(-n2c3ccccc3c3c4c5ccccc5n5c4c(cc32)Oc2ccccc2-5)c1.N=C(N)c1ccccc1. The van der Waals surface area contributed by atoms with Crippen molar-refractivity contribution in [2.24, 2.45) is 5.73 Å². The second-order valence-corrected chi connectivity index (χ2v) is 11.2. The third kappa shape index (κ3) is 4.20. The molecular weight excluding hydrogens is 552 g/mol. The Labute approximate surface area is 260 Å². The Balaban J connectivity index is 0.000000290. The number of nitrogens with one attached hydrogen (secondary N) is 1. The maximum atomic E-state index is 7.01. The van der Waals surface area contributed by atoms with Crippen molar-refractivity contribution < 1.29 is 4.74 Å². The number of nitrogen functional groups attached to an aromatic ring is 1. The number of hydrogen-bond donors (Lipinski definition) is 2. The average Bonchev–Trinajstić information content (AvgIpc) is 3.60. The summed E-state index contributed by atoms with van der Waals surface area (Å²) in [5.41, 5.74) is 14.1. The van der Waals surface area contributed by atoms with Crippen molar-refractivity contribution in [2.45, 2.75) is 6.42 Å². The summed E-state index contributed by atoms with van der Waals surface area (Å²) in [5, 5.41) is 12.0. The van der Waals surface area contributed by atoms with Crippen molar-refractivity contribution in [2.75, 3.05) is 0 Å². The Morgan fingerprint density at radius 3 is 2.07 bits per heavy atom. The first-order chi connectivity index (χ1) is 22.1. The van der Waals surface area contributed by atoms with E-state index in [0.29, 0.717) is 0 Å². The molecular formula is C40H30N4O. The number of allylic oxidation sites excluding steroid dienone is 1. The van der Waals surface area contributed by atoms with E-state index in [1.807, 2.05) is 42.5 Å². The van der Waals surface area contributed by atoms with Gasteiger partial charge in [-0.1, -0.05) is 97.1 Å². The van der Waals surface area contributed by atoms with Gasteiger partial charge in [0.05, 0.1) is 27.8 Å². The first-order valence-electron chi connectivity index (χ1n) is 15.0. The largest absolute Gasteiger partial charge is 0.453 e. The van der Waals surface area contributed by atoms with Crippen LogP contribution in [0.1, 0.15) is 11.1 Å². The lowest BCUT2D eigenvalue weighted by Crippen LogP contribution is -2.10. The minimum Gasteiger partial charge on any atom is -0.453 e. The third-order valence-corrected chi connectivity index (χ3v) is 8.50. The van der Waals surface area contributed by atoms with Crippen molar-refractivity contribution >= 4 is 49.4 Å². The highest BCUT2D eigenvalue weighted by Gasteiger charge is 2.27. The number of nitrogens with zero attached hydrogens (tertiary/aromatic N) is 2. The molecule has 3 heterocycles. The fraction of sp³-hybridized carbons (Fsp3) is 0.0250. The zero-order chi connectivity index (χ0) is 30.5. The Bertz CT molecular complexity index is 2430. The number of nitrogens with two attached hydrogens (primary N) is 1. The molecule has 1 aliphatic rings. The third-order valence-electron chi connectivity index (χ3n) is 8.50. The summed E-state index contributed by atoms with van der Waals surface area (Å²) in [6, 6.07) is 45.9. The number of fused-ring (bicyclic) bond motifs is 9. The zero-order valence-electron chi connectivity index (χ0n) is 24.6. The van der Waals surface area contributed by atoms with Gasteiger partial charge in [-0.3, -0.25) is 5.41 Å². The molecule has 0 amide bonds. The fourth-order valence-corrected chi connectivity index (χ4v) is 6.64. The van der Waals surface area contributed by atoms with E-state index in [-0.39, 0.29) is 5.84 Å². The molecule has 0 spiro atoms. The lowest BCUT2D eigenvalue weighted by atomic mass is 10.0. The van der Waals surface area contributed by atoms with Crippen LogP contribution in [-0.4, -0.2) is 15.0 Å². The smallest absolute Gasteiger partial charge is 0.154 e. The molecule has 8 aromatic rings. The number of aromatic nitrogens is 2. The molecule has 0 atom stereocenters. The van der Waals surface area contributed by atoms with Gasteiger partial charge in [-0.05, 0) is 48.4 Å². The lowest BCUT2D eigenvalue weighted by molar-refractivity contribution is 0.477. The van der Waals surface area contributed by atoms with Gasteiger partial charge in [0.1, 0.15) is 5.84 Å². The Hall–Kier alpha value is -6.07. The van der Waals surface area contributed by atoms with Gasteiger partial charge in [-0.25, -0.2) is 0 Å². The predicted octanol–water partition coefficient (Wildman–Crippen LogP) is 9.69. The summed E-state index contributed by atoms with van der Waals surface area (Å²) in [4.78, 5) is 0. The van der Waals surface area contributed by atoms with Crippen LogP contribution in [0.5, 0.6) is 11.5 Å². The monoisotopic (exact) mass is 582 g/mol. The second-order valence-electron chi connectivity index (χ2n) is 11.2. The molecule has 5 nitrogen and oxygen atoms in total. The van der Waals surface area contributed by atoms with Crippen LogP contribution in [0, 0.1) is 5.41 Å². The van der Waals surface area contributed by atoms with Crippen molar-refractivity contribution in [1.82, 2.24) is 9.13 Å². The van der Waals surface area contributed by atoms with E-state index in [1.54, 1.807) is 0 Å². The van der Waals surface area contributed by atoms with E-state index < -0.39 is 0 Å². The quantitative estimate of drug-likeness (QED) is 0.123. The summed E-state index contributed by atoms with van der Waals surface area (Å²) in [7, 11) is 0. The van der Waals surface area contributed by atoms with Gasteiger partial charge in [-0.2, -0.15) is 0 Å². The van der Waals surface area contributed by atoms with Crippen LogP contribution < -0.4 is 10.5 Å². The number of benzene rings is 6. The maximum absolute atomic E-state index is 7.01. The van der Waals surface area contributed by atoms with Crippen molar-refractivity contribution in [3.8, 4) is 22.9 Å². The van der Waals surface area contributed by atoms with Crippen molar-refractivity contribution in [3.05, 3.63) is 157 Å². The summed E-state index contributed by atoms with van der Waals surface area (Å²) < 4.78 is 11.3. The first-order valence-corrected chi connectivity index (χ1v) is 15.0. The van der Waals surface area contributed by atoms with E-state index in [1.165, 1.54) is 38.1 Å². The Morgan fingerprint density at radius 2 is 1.33 bits per heavy atom. The maximum Gasteiger partial charge on any atom is 0.154 e. The van der Waals surface area contributed by atoms with Crippen LogP contribution in [0.2, 0.25) is 0 Å². The van der Waals surface area contributed by atoms with Crippen LogP contribution in [0.15, 0.2) is 146 Å². The normalized spacial score (nSPS) is 11.6. The molecule has 45 heavy (non-hydrogen) atoms. The number of rotatable bonds is 4. The van der Waals surface area contributed by atoms with Gasteiger partial charge in [0.2, 0.25) is 0 Å². The van der Waals surface area contributed by atoms with Crippen molar-refractivity contribution in [3.63, 3.8) is 0 Å². The van der Waals surface area contributed by atoms with Gasteiger partial charge in [-0.15, -0.1) is 6.58 Å². The van der Waals surface area contributed by atoms with Crippen LogP contribution in [0.25, 0.3) is 55.0 Å². The second kappa shape index (κ2) is 10.6. The number of hydrogen-bond acceptors (Lipinski definition) is 2. The molecule has 0 radical (unpaired) electrons. The van der Waals surface area contributed by atoms with Crippen molar-refractivity contribution in [1.29, 1.82) is 5.41 Å². The van der Waals surface area contributed by atoms with Crippen LogP contribution in [0.3, 0.4) is 0 Å². The van der Waals surface area contributed by atoms with Crippen LogP contribution >= 0.6 is 0 Å². The molecule has 0 fully saturated rings. The summed E-state index contributed by atoms with van der Waals surface area (Å²) in [5.74, 6) is 1.89. The number of ether oxygens (including phenoxy) is 1. The van der Waals surface area contributed by atoms with Crippen LogP contribution in [-0.2, 0) is 6.42 Å². The highest BCUT2D eigenvalue weighted by Crippen LogP contribution is 2.50. The fourth-order valence-electron chi connectivity index (χ4n) is 6.64. The van der Waals surface area contributed by atoms with Gasteiger partial charge >= 0.3 is 0 Å². The van der Waals surface area contributed by atoms with E-state index in [0.717, 1.165) is 45.9 Å². The average molecular weight is 583 g/mol. The lowest BCUT2D eigenvalue weighted by Gasteiger charge is -2.21. The number of para-hydroxylation sites is 4. The highest BCUT2D eigenvalue weighted by molar-refractivity contribution is 6.30. The first kappa shape index (κ1) is 26.5. The molecule has 0 unspecified atom stereocenters. The summed E-state index contributed by atoms with van der Waals surface area (Å²) in [6.45, 7) is 3.94. The zero-order valence-corrected chi connectivity index (χ0v) is 24.6. The number of amidine groups is 1. The Kier molecular flexibility index (Phi) is 6.24. The van der Waals surface area contributed by atoms with E-state index >= 15 is 0 Å². The van der Waals surface area contributed by atoms with E-state index in [2.05, 4.69) is 113 Å². The summed E-state index contributed by atoms with van der Waals surface area (Å²) in [6.07, 6.45) is 2.80.